The predicted octanol–water partition coefficient (Wildman–Crippen LogP) is 2.85. The van der Waals surface area contributed by atoms with Crippen LogP contribution in [-0.4, -0.2) is 46.3 Å². The first-order valence-corrected chi connectivity index (χ1v) is 10.3. The topological polar surface area (TPSA) is 107 Å². The molecule has 1 aromatic heterocycles. The molecule has 1 saturated heterocycles. The van der Waals surface area contributed by atoms with Crippen LogP contribution in [0, 0.1) is 5.92 Å². The molecule has 162 valence electrons. The molecule has 3 rings (SSSR count). The lowest BCUT2D eigenvalue weighted by Gasteiger charge is -2.31. The second-order valence-corrected chi connectivity index (χ2v) is 8.01. The summed E-state index contributed by atoms with van der Waals surface area (Å²) in [5, 5.41) is 7.17. The van der Waals surface area contributed by atoms with Gasteiger partial charge in [0.25, 0.3) is 5.91 Å². The Hall–Kier alpha value is -2.52. The zero-order chi connectivity index (χ0) is 21.7. The van der Waals surface area contributed by atoms with Gasteiger partial charge >= 0.3 is 11.8 Å². The average molecular weight is 457 g/mol. The first-order valence-electron chi connectivity index (χ1n) is 9.51. The van der Waals surface area contributed by atoms with E-state index in [0.717, 1.165) is 29.4 Å². The first kappa shape index (κ1) is 22.2. The Bertz CT molecular complexity index is 946. The fourth-order valence-electron chi connectivity index (χ4n) is 3.29. The van der Waals surface area contributed by atoms with Gasteiger partial charge in [0.05, 0.1) is 0 Å². The van der Waals surface area contributed by atoms with Crippen molar-refractivity contribution in [2.24, 2.45) is 13.0 Å². The summed E-state index contributed by atoms with van der Waals surface area (Å²) in [5.41, 5.74) is 0.732. The van der Waals surface area contributed by atoms with Crippen LogP contribution < -0.4 is 11.1 Å². The number of benzene rings is 1. The third-order valence-corrected chi connectivity index (χ3v) is 5.44. The number of nitrogens with zero attached hydrogens (tertiary/aromatic N) is 3. The summed E-state index contributed by atoms with van der Waals surface area (Å²) in [6, 6.07) is 5.03. The van der Waals surface area contributed by atoms with E-state index in [1.807, 2.05) is 0 Å². The molecule has 0 bridgehead atoms. The van der Waals surface area contributed by atoms with E-state index < -0.39 is 11.7 Å². The van der Waals surface area contributed by atoms with Gasteiger partial charge in [0.15, 0.2) is 0 Å². The van der Waals surface area contributed by atoms with E-state index in [0.29, 0.717) is 35.6 Å². The molecule has 0 saturated carbocycles. The Morgan fingerprint density at radius 3 is 2.50 bits per heavy atom. The van der Waals surface area contributed by atoms with Gasteiger partial charge in [0.2, 0.25) is 5.82 Å². The molecule has 11 heteroatoms. The van der Waals surface area contributed by atoms with Gasteiger partial charge in [0.1, 0.15) is 6.61 Å². The molecule has 1 fully saturated rings. The van der Waals surface area contributed by atoms with Gasteiger partial charge in [-0.05, 0) is 54.1 Å². The number of aromatic nitrogens is 2. The molecule has 0 spiro atoms. The van der Waals surface area contributed by atoms with E-state index in [9.17, 15) is 14.4 Å². The maximum atomic E-state index is 12.3. The number of hydrogen-bond acceptors (Lipinski definition) is 6. The monoisotopic (exact) mass is 456 g/mol. The molecule has 0 atom stereocenters. The van der Waals surface area contributed by atoms with Crippen molar-refractivity contribution in [3.63, 3.8) is 0 Å². The summed E-state index contributed by atoms with van der Waals surface area (Å²) in [6.07, 6.45) is 2.03. The average Bonchev–Trinajstić information content (AvgIpc) is 3.04. The molecular weight excluding hydrogens is 435 g/mol. The summed E-state index contributed by atoms with van der Waals surface area (Å²) in [5.74, 6) is -0.816. The number of likely N-dealkylation sites (tertiary alicyclic amines) is 1. The highest BCUT2D eigenvalue weighted by Gasteiger charge is 2.24. The highest BCUT2D eigenvalue weighted by Crippen LogP contribution is 2.22. The normalized spacial score (nSPS) is 14.6. The zero-order valence-electron chi connectivity index (χ0n) is 16.4. The number of rotatable bonds is 6. The molecule has 1 aliphatic heterocycles. The third-order valence-electron chi connectivity index (χ3n) is 5.00. The minimum Gasteiger partial charge on any atom is -0.445 e. The molecule has 9 nitrogen and oxygen atoms in total. The number of carbonyl (C=O) groups is 2. The molecule has 1 aliphatic rings. The van der Waals surface area contributed by atoms with Crippen molar-refractivity contribution < 1.29 is 18.8 Å². The van der Waals surface area contributed by atoms with Gasteiger partial charge in [-0.25, -0.2) is 9.59 Å². The number of hydrogen-bond donors (Lipinski definition) is 1. The molecule has 30 heavy (non-hydrogen) atoms. The molecule has 0 aliphatic carbocycles. The molecule has 2 aromatic rings. The van der Waals surface area contributed by atoms with Crippen molar-refractivity contribution in [2.45, 2.75) is 25.9 Å². The highest BCUT2D eigenvalue weighted by molar-refractivity contribution is 6.34. The summed E-state index contributed by atoms with van der Waals surface area (Å²) in [6.45, 7) is 1.73. The number of halogens is 2. The molecule has 1 N–H and O–H groups in total. The maximum absolute atomic E-state index is 12.3. The van der Waals surface area contributed by atoms with Crippen molar-refractivity contribution in [1.82, 2.24) is 19.9 Å². The van der Waals surface area contributed by atoms with Crippen LogP contribution in [0.15, 0.2) is 27.5 Å². The molecule has 0 radical (unpaired) electrons. The van der Waals surface area contributed by atoms with Crippen molar-refractivity contribution in [3.05, 3.63) is 50.2 Å². The lowest BCUT2D eigenvalue weighted by Crippen LogP contribution is -2.39. The van der Waals surface area contributed by atoms with Crippen LogP contribution in [0.2, 0.25) is 10.0 Å². The quantitative estimate of drug-likeness (QED) is 0.715. The first-order chi connectivity index (χ1) is 14.3. The van der Waals surface area contributed by atoms with Crippen LogP contribution in [-0.2, 0) is 18.4 Å². The number of piperidine rings is 1. The SMILES string of the molecule is Cn1c(C(=O)NCCC2CCN(C(=O)OCc3cc(Cl)cc(Cl)c3)CC2)noc1=O. The van der Waals surface area contributed by atoms with E-state index in [1.165, 1.54) is 7.05 Å². The fraction of sp³-hybridized carbons (Fsp3) is 0.474. The summed E-state index contributed by atoms with van der Waals surface area (Å²) >= 11 is 11.9. The number of amides is 2. The van der Waals surface area contributed by atoms with Gasteiger partial charge in [-0.1, -0.05) is 23.2 Å². The van der Waals surface area contributed by atoms with Crippen LogP contribution >= 0.6 is 23.2 Å². The largest absolute Gasteiger partial charge is 0.445 e. The van der Waals surface area contributed by atoms with Crippen LogP contribution in [0.5, 0.6) is 0 Å². The lowest BCUT2D eigenvalue weighted by molar-refractivity contribution is 0.0813. The van der Waals surface area contributed by atoms with E-state index in [1.54, 1.807) is 23.1 Å². The molecule has 1 aromatic carbocycles. The molecular formula is C19H22Cl2N4O5. The maximum Gasteiger partial charge on any atom is 0.441 e. The fourth-order valence-corrected chi connectivity index (χ4v) is 3.86. The van der Waals surface area contributed by atoms with E-state index in [-0.39, 0.29) is 18.5 Å². The van der Waals surface area contributed by atoms with Gasteiger partial charge < -0.3 is 15.0 Å². The number of nitrogens with one attached hydrogen (secondary N) is 1. The smallest absolute Gasteiger partial charge is 0.441 e. The minimum atomic E-state index is -0.683. The summed E-state index contributed by atoms with van der Waals surface area (Å²) in [7, 11) is 1.42. The Labute approximate surface area is 182 Å². The molecule has 2 amide bonds. The van der Waals surface area contributed by atoms with Crippen LogP contribution in [0.1, 0.15) is 35.4 Å². The Balaban J connectivity index is 1.37. The van der Waals surface area contributed by atoms with Gasteiger partial charge in [-0.15, -0.1) is 0 Å². The predicted molar refractivity (Wildman–Crippen MR) is 110 cm³/mol. The van der Waals surface area contributed by atoms with Crippen LogP contribution in [0.3, 0.4) is 0 Å². The van der Waals surface area contributed by atoms with Gasteiger partial charge in [-0.3, -0.25) is 13.9 Å². The van der Waals surface area contributed by atoms with Crippen molar-refractivity contribution in [2.75, 3.05) is 19.6 Å². The van der Waals surface area contributed by atoms with E-state index in [2.05, 4.69) is 15.0 Å². The second kappa shape index (κ2) is 9.99. The highest BCUT2D eigenvalue weighted by atomic mass is 35.5. The number of carbonyl (C=O) groups excluding carboxylic acids is 2. The molecule has 0 unspecified atom stereocenters. The van der Waals surface area contributed by atoms with Gasteiger partial charge in [0, 0.05) is 36.7 Å². The van der Waals surface area contributed by atoms with Crippen molar-refractivity contribution in [1.29, 1.82) is 0 Å². The second-order valence-electron chi connectivity index (χ2n) is 7.14. The van der Waals surface area contributed by atoms with Crippen LogP contribution in [0.25, 0.3) is 0 Å². The lowest BCUT2D eigenvalue weighted by atomic mass is 9.94. The van der Waals surface area contributed by atoms with Crippen LogP contribution in [0.4, 0.5) is 4.79 Å². The third kappa shape index (κ3) is 5.76. The zero-order valence-corrected chi connectivity index (χ0v) is 17.9. The van der Waals surface area contributed by atoms with E-state index in [4.69, 9.17) is 27.9 Å². The van der Waals surface area contributed by atoms with Gasteiger partial charge in [-0.2, -0.15) is 0 Å². The minimum absolute atomic E-state index is 0.0569. The van der Waals surface area contributed by atoms with Crippen molar-refractivity contribution in [3.8, 4) is 0 Å². The number of ether oxygens (including phenoxy) is 1. The summed E-state index contributed by atoms with van der Waals surface area (Å²) < 4.78 is 10.8. The summed E-state index contributed by atoms with van der Waals surface area (Å²) in [4.78, 5) is 37.2. The van der Waals surface area contributed by atoms with Crippen molar-refractivity contribution >= 4 is 35.2 Å². The Morgan fingerprint density at radius 2 is 1.90 bits per heavy atom. The van der Waals surface area contributed by atoms with E-state index >= 15 is 0 Å². The Morgan fingerprint density at radius 1 is 1.23 bits per heavy atom. The molecule has 2 heterocycles. The standard InChI is InChI=1S/C19H22Cl2N4O5/c1-24-16(23-30-18(24)27)17(26)22-5-2-12-3-6-25(7-4-12)19(28)29-11-13-8-14(20)10-15(21)9-13/h8-10,12H,2-7,11H2,1H3,(H,22,26). The Kier molecular flexibility index (Phi) is 7.38.